The third-order valence-corrected chi connectivity index (χ3v) is 3.71. The Morgan fingerprint density at radius 3 is 2.53 bits per heavy atom. The van der Waals surface area contributed by atoms with Crippen LogP contribution in [0.3, 0.4) is 0 Å². The molecule has 0 aliphatic rings. The van der Waals surface area contributed by atoms with Crippen LogP contribution in [0.4, 0.5) is 0 Å². The Kier molecular flexibility index (Phi) is 4.82. The van der Waals surface area contributed by atoms with Crippen molar-refractivity contribution >= 4 is 21.9 Å². The molecule has 1 rings (SSSR count). The molecule has 0 N–H and O–H groups in total. The Morgan fingerprint density at radius 2 is 2.00 bits per heavy atom. The summed E-state index contributed by atoms with van der Waals surface area (Å²) in [6, 6.07) is 9.14. The summed E-state index contributed by atoms with van der Waals surface area (Å²) in [7, 11) is 0. The highest BCUT2D eigenvalue weighted by atomic mass is 79.9. The molecule has 0 fully saturated rings. The first-order valence-electron chi connectivity index (χ1n) is 5.06. The zero-order chi connectivity index (χ0) is 11.3. The lowest BCUT2D eigenvalue weighted by molar-refractivity contribution is -0.138. The van der Waals surface area contributed by atoms with E-state index in [1.807, 2.05) is 32.0 Å². The van der Waals surface area contributed by atoms with E-state index in [1.165, 1.54) is 0 Å². The zero-order valence-electron chi connectivity index (χ0n) is 8.94. The molecule has 0 amide bonds. The van der Waals surface area contributed by atoms with Crippen LogP contribution in [0.15, 0.2) is 30.3 Å². The summed E-state index contributed by atoms with van der Waals surface area (Å²) in [6.45, 7) is 3.90. The Hall–Kier alpha value is -0.830. The normalized spacial score (nSPS) is 14.3. The zero-order valence-corrected chi connectivity index (χ0v) is 10.5. The van der Waals surface area contributed by atoms with Crippen LogP contribution >= 0.6 is 15.9 Å². The van der Waals surface area contributed by atoms with Gasteiger partial charge >= 0.3 is 5.97 Å². The van der Waals surface area contributed by atoms with Gasteiger partial charge in [-0.25, -0.2) is 0 Å². The van der Waals surface area contributed by atoms with Gasteiger partial charge in [0.2, 0.25) is 0 Å². The first kappa shape index (κ1) is 12.2. The quantitative estimate of drug-likeness (QED) is 0.476. The minimum atomic E-state index is -0.190. The van der Waals surface area contributed by atoms with Gasteiger partial charge in [-0.15, -0.1) is 0 Å². The molecule has 1 aromatic rings. The van der Waals surface area contributed by atoms with Gasteiger partial charge in [0.05, 0.1) is 5.92 Å². The van der Waals surface area contributed by atoms with Crippen molar-refractivity contribution in [1.82, 2.24) is 0 Å². The highest BCUT2D eigenvalue weighted by molar-refractivity contribution is 9.09. The third-order valence-electron chi connectivity index (χ3n) is 2.27. The number of carbonyl (C=O) groups excluding carboxylic acids is 1. The number of alkyl halides is 1. The number of halogens is 1. The summed E-state index contributed by atoms with van der Waals surface area (Å²) < 4.78 is 5.23. The molecule has 0 heterocycles. The summed E-state index contributed by atoms with van der Waals surface area (Å²) >= 11 is 3.46. The molecule has 2 unspecified atom stereocenters. The number of rotatable bonds is 4. The Labute approximate surface area is 98.8 Å². The first-order valence-corrected chi connectivity index (χ1v) is 5.97. The van der Waals surface area contributed by atoms with Gasteiger partial charge in [-0.2, -0.15) is 0 Å². The number of para-hydroxylation sites is 1. The molecule has 0 aliphatic carbocycles. The second-order valence-electron chi connectivity index (χ2n) is 3.45. The summed E-state index contributed by atoms with van der Waals surface area (Å²) in [5.74, 6) is 0.283. The average molecular weight is 271 g/mol. The van der Waals surface area contributed by atoms with E-state index in [1.54, 1.807) is 12.1 Å². The second-order valence-corrected chi connectivity index (χ2v) is 4.62. The van der Waals surface area contributed by atoms with Gasteiger partial charge in [-0.1, -0.05) is 48.0 Å². The molecule has 15 heavy (non-hydrogen) atoms. The Balaban J connectivity index is 2.56. The maximum atomic E-state index is 11.7. The van der Waals surface area contributed by atoms with Crippen molar-refractivity contribution in [3.8, 4) is 5.75 Å². The molecule has 0 bridgehead atoms. The van der Waals surface area contributed by atoms with Gasteiger partial charge in [0.15, 0.2) is 0 Å². The summed E-state index contributed by atoms with van der Waals surface area (Å²) in [4.78, 5) is 11.8. The number of benzene rings is 1. The van der Waals surface area contributed by atoms with Gasteiger partial charge in [0.25, 0.3) is 0 Å². The van der Waals surface area contributed by atoms with Crippen LogP contribution in [-0.2, 0) is 4.79 Å². The van der Waals surface area contributed by atoms with Crippen LogP contribution in [0.1, 0.15) is 20.3 Å². The van der Waals surface area contributed by atoms with Crippen molar-refractivity contribution in [2.24, 2.45) is 5.92 Å². The van der Waals surface area contributed by atoms with E-state index in [2.05, 4.69) is 15.9 Å². The van der Waals surface area contributed by atoms with Gasteiger partial charge in [-0.3, -0.25) is 4.79 Å². The predicted octanol–water partition coefficient (Wildman–Crippen LogP) is 3.40. The molecule has 2 atom stereocenters. The van der Waals surface area contributed by atoms with Crippen molar-refractivity contribution < 1.29 is 9.53 Å². The molecule has 0 radical (unpaired) electrons. The fourth-order valence-corrected chi connectivity index (χ4v) is 1.41. The molecule has 3 heteroatoms. The van der Waals surface area contributed by atoms with Crippen LogP contribution in [0, 0.1) is 5.92 Å². The highest BCUT2D eigenvalue weighted by Gasteiger charge is 2.21. The smallest absolute Gasteiger partial charge is 0.315 e. The number of carbonyl (C=O) groups is 1. The predicted molar refractivity (Wildman–Crippen MR) is 64.2 cm³/mol. The van der Waals surface area contributed by atoms with E-state index in [4.69, 9.17) is 4.74 Å². The number of esters is 1. The average Bonchev–Trinajstić information content (AvgIpc) is 2.28. The largest absolute Gasteiger partial charge is 0.426 e. The van der Waals surface area contributed by atoms with E-state index in [0.717, 1.165) is 6.42 Å². The molecule has 0 aromatic heterocycles. The molecule has 0 spiro atoms. The van der Waals surface area contributed by atoms with Gasteiger partial charge < -0.3 is 4.74 Å². The van der Waals surface area contributed by atoms with E-state index < -0.39 is 0 Å². The van der Waals surface area contributed by atoms with Crippen LogP contribution in [0.25, 0.3) is 0 Å². The molecule has 2 nitrogen and oxygen atoms in total. The lowest BCUT2D eigenvalue weighted by atomic mass is 10.1. The first-order chi connectivity index (χ1) is 7.15. The van der Waals surface area contributed by atoms with Gasteiger partial charge in [0.1, 0.15) is 5.75 Å². The van der Waals surface area contributed by atoms with Crippen molar-refractivity contribution in [3.05, 3.63) is 30.3 Å². The molecular formula is C12H15BrO2. The number of hydrogen-bond donors (Lipinski definition) is 0. The lowest BCUT2D eigenvalue weighted by Gasteiger charge is -2.15. The fourth-order valence-electron chi connectivity index (χ4n) is 1.20. The van der Waals surface area contributed by atoms with E-state index in [9.17, 15) is 4.79 Å². The minimum absolute atomic E-state index is 0.129. The molecule has 1 aromatic carbocycles. The van der Waals surface area contributed by atoms with Crippen molar-refractivity contribution in [3.63, 3.8) is 0 Å². The van der Waals surface area contributed by atoms with Crippen LogP contribution in [0.2, 0.25) is 0 Å². The molecular weight excluding hydrogens is 256 g/mol. The maximum absolute atomic E-state index is 11.7. The Morgan fingerprint density at radius 1 is 1.40 bits per heavy atom. The van der Waals surface area contributed by atoms with Crippen LogP contribution in [-0.4, -0.2) is 10.8 Å². The van der Waals surface area contributed by atoms with Gasteiger partial charge in [-0.05, 0) is 18.6 Å². The van der Waals surface area contributed by atoms with Crippen LogP contribution in [0.5, 0.6) is 5.75 Å². The molecule has 0 saturated carbocycles. The molecule has 0 aliphatic heterocycles. The van der Waals surface area contributed by atoms with Crippen molar-refractivity contribution in [1.29, 1.82) is 0 Å². The minimum Gasteiger partial charge on any atom is -0.426 e. The summed E-state index contributed by atoms with van der Waals surface area (Å²) in [5.41, 5.74) is 0. The topological polar surface area (TPSA) is 26.3 Å². The lowest BCUT2D eigenvalue weighted by Crippen LogP contribution is -2.25. The van der Waals surface area contributed by atoms with Crippen molar-refractivity contribution in [2.75, 3.05) is 0 Å². The van der Waals surface area contributed by atoms with E-state index >= 15 is 0 Å². The van der Waals surface area contributed by atoms with Gasteiger partial charge in [0, 0.05) is 4.83 Å². The standard InChI is InChI=1S/C12H15BrO2/c1-3-11(13)9(2)12(14)15-10-7-5-4-6-8-10/h4-9,11H,3H2,1-2H3. The monoisotopic (exact) mass is 270 g/mol. The third kappa shape index (κ3) is 3.67. The Bertz CT molecular complexity index is 311. The number of hydrogen-bond acceptors (Lipinski definition) is 2. The fraction of sp³-hybridized carbons (Fsp3) is 0.417. The molecule has 0 saturated heterocycles. The summed E-state index contributed by atoms with van der Waals surface area (Å²) in [6.07, 6.45) is 0.908. The summed E-state index contributed by atoms with van der Waals surface area (Å²) in [5, 5.41) is 0. The molecule has 82 valence electrons. The maximum Gasteiger partial charge on any atom is 0.315 e. The SMILES string of the molecule is CCC(Br)C(C)C(=O)Oc1ccccc1. The van der Waals surface area contributed by atoms with E-state index in [-0.39, 0.29) is 16.7 Å². The number of ether oxygens (including phenoxy) is 1. The van der Waals surface area contributed by atoms with Crippen molar-refractivity contribution in [2.45, 2.75) is 25.1 Å². The highest BCUT2D eigenvalue weighted by Crippen LogP contribution is 2.19. The second kappa shape index (κ2) is 5.91. The van der Waals surface area contributed by atoms with E-state index in [0.29, 0.717) is 5.75 Å². The van der Waals surface area contributed by atoms with Crippen LogP contribution < -0.4 is 4.74 Å².